The summed E-state index contributed by atoms with van der Waals surface area (Å²) < 4.78 is 46.0. The molecule has 1 aliphatic rings. The van der Waals surface area contributed by atoms with E-state index >= 15 is 0 Å². The van der Waals surface area contributed by atoms with Crippen LogP contribution in [0.2, 0.25) is 5.15 Å². The molecule has 0 aliphatic carbocycles. The average molecular weight is 272 g/mol. The van der Waals surface area contributed by atoms with Crippen LogP contribution in [0.15, 0.2) is 10.2 Å². The number of hydrogen-bond donors (Lipinski definition) is 1. The van der Waals surface area contributed by atoms with Crippen molar-refractivity contribution in [2.45, 2.75) is 16.7 Å². The first-order chi connectivity index (χ1) is 6.73. The van der Waals surface area contributed by atoms with Crippen LogP contribution in [-0.2, 0) is 26.4 Å². The Kier molecular flexibility index (Phi) is 2.13. The van der Waals surface area contributed by atoms with Crippen LogP contribution in [0.5, 0.6) is 0 Å². The number of rotatable bonds is 1. The van der Waals surface area contributed by atoms with Gasteiger partial charge < -0.3 is 4.57 Å². The van der Waals surface area contributed by atoms with Crippen molar-refractivity contribution in [2.75, 3.05) is 5.75 Å². The Bertz CT molecular complexity index is 629. The quantitative estimate of drug-likeness (QED) is 0.702. The van der Waals surface area contributed by atoms with E-state index in [1.807, 2.05) is 0 Å². The number of sulfonamides is 1. The second-order valence-electron chi connectivity index (χ2n) is 3.01. The van der Waals surface area contributed by atoms with Crippen molar-refractivity contribution >= 4 is 31.5 Å². The summed E-state index contributed by atoms with van der Waals surface area (Å²) in [5.41, 5.74) is 0. The summed E-state index contributed by atoms with van der Waals surface area (Å²) in [5.74, 6) is -0.185. The standard InChI is InChI=1S/C5H6ClN3O4S2/c6-3-4(15(7,12)13)9-1-2-14(10,11)5(9)8-3/h1-2H2,(H2,7,12,13). The molecule has 0 saturated carbocycles. The van der Waals surface area contributed by atoms with E-state index in [0.717, 1.165) is 4.57 Å². The molecule has 0 atom stereocenters. The summed E-state index contributed by atoms with van der Waals surface area (Å²) in [6.45, 7) is 0.00313. The van der Waals surface area contributed by atoms with Gasteiger partial charge >= 0.3 is 0 Å². The summed E-state index contributed by atoms with van der Waals surface area (Å²) in [6, 6.07) is 0. The smallest absolute Gasteiger partial charge is 0.256 e. The van der Waals surface area contributed by atoms with Crippen LogP contribution in [0, 0.1) is 0 Å². The van der Waals surface area contributed by atoms with E-state index in [9.17, 15) is 16.8 Å². The molecule has 0 saturated heterocycles. The number of halogens is 1. The predicted octanol–water partition coefficient (Wildman–Crippen LogP) is -1.03. The molecule has 2 N–H and O–H groups in total. The summed E-state index contributed by atoms with van der Waals surface area (Å²) in [7, 11) is -7.58. The molecule has 10 heteroatoms. The van der Waals surface area contributed by atoms with E-state index in [2.05, 4.69) is 4.98 Å². The van der Waals surface area contributed by atoms with Crippen molar-refractivity contribution in [1.29, 1.82) is 0 Å². The number of nitrogens with two attached hydrogens (primary N) is 1. The van der Waals surface area contributed by atoms with Crippen molar-refractivity contribution in [2.24, 2.45) is 5.14 Å². The summed E-state index contributed by atoms with van der Waals surface area (Å²) in [6.07, 6.45) is 0. The molecule has 0 aromatic carbocycles. The Balaban J connectivity index is 2.84. The number of fused-ring (bicyclic) bond motifs is 1. The van der Waals surface area contributed by atoms with Crippen molar-refractivity contribution in [3.8, 4) is 0 Å². The zero-order chi connectivity index (χ0) is 11.4. The lowest BCUT2D eigenvalue weighted by atomic mass is 10.7. The van der Waals surface area contributed by atoms with Gasteiger partial charge in [-0.1, -0.05) is 11.6 Å². The fraction of sp³-hybridized carbons (Fsp3) is 0.400. The molecular formula is C5H6ClN3O4S2. The Morgan fingerprint density at radius 1 is 1.47 bits per heavy atom. The number of imidazole rings is 1. The molecule has 0 radical (unpaired) electrons. The van der Waals surface area contributed by atoms with Gasteiger partial charge in [0.05, 0.1) is 5.75 Å². The monoisotopic (exact) mass is 271 g/mol. The lowest BCUT2D eigenvalue weighted by Gasteiger charge is -1.99. The zero-order valence-corrected chi connectivity index (χ0v) is 9.60. The molecule has 0 spiro atoms. The zero-order valence-electron chi connectivity index (χ0n) is 7.21. The van der Waals surface area contributed by atoms with Gasteiger partial charge in [0.25, 0.3) is 10.0 Å². The van der Waals surface area contributed by atoms with Gasteiger partial charge in [-0.25, -0.2) is 27.0 Å². The van der Waals surface area contributed by atoms with Crippen LogP contribution in [0.1, 0.15) is 0 Å². The van der Waals surface area contributed by atoms with Gasteiger partial charge in [-0.3, -0.25) is 0 Å². The third-order valence-electron chi connectivity index (χ3n) is 1.98. The van der Waals surface area contributed by atoms with Crippen LogP contribution >= 0.6 is 11.6 Å². The number of hydrogen-bond acceptors (Lipinski definition) is 5. The largest absolute Gasteiger partial charge is 0.302 e. The summed E-state index contributed by atoms with van der Waals surface area (Å²) in [4.78, 5) is 3.49. The van der Waals surface area contributed by atoms with E-state index < -0.39 is 30.0 Å². The number of nitrogens with zero attached hydrogens (tertiary/aromatic N) is 2. The van der Waals surface area contributed by atoms with Crippen LogP contribution in [0.3, 0.4) is 0 Å². The Morgan fingerprint density at radius 3 is 2.60 bits per heavy atom. The molecule has 1 aromatic heterocycles. The molecule has 15 heavy (non-hydrogen) atoms. The topological polar surface area (TPSA) is 112 Å². The molecule has 0 bridgehead atoms. The first-order valence-corrected chi connectivity index (χ1v) is 7.33. The SMILES string of the molecule is NS(=O)(=O)c1c(Cl)nc2n1CCS2(=O)=O. The van der Waals surface area contributed by atoms with E-state index in [1.165, 1.54) is 0 Å². The first kappa shape index (κ1) is 10.9. The minimum Gasteiger partial charge on any atom is -0.302 e. The number of primary sulfonamides is 1. The Morgan fingerprint density at radius 2 is 2.07 bits per heavy atom. The highest BCUT2D eigenvalue weighted by atomic mass is 35.5. The minimum absolute atomic E-state index is 0.00313. The van der Waals surface area contributed by atoms with Gasteiger partial charge in [0, 0.05) is 6.54 Å². The maximum Gasteiger partial charge on any atom is 0.256 e. The third kappa shape index (κ3) is 1.55. The molecule has 0 fully saturated rings. The van der Waals surface area contributed by atoms with Gasteiger partial charge in [0.15, 0.2) is 10.2 Å². The maximum atomic E-state index is 11.4. The van der Waals surface area contributed by atoms with Gasteiger partial charge in [-0.05, 0) is 0 Å². The van der Waals surface area contributed by atoms with E-state index in [4.69, 9.17) is 16.7 Å². The molecule has 2 rings (SSSR count). The molecule has 0 amide bonds. The van der Waals surface area contributed by atoms with Crippen LogP contribution in [0.25, 0.3) is 0 Å². The summed E-state index contributed by atoms with van der Waals surface area (Å²) in [5, 5.41) is 3.71. The molecule has 2 heterocycles. The lowest BCUT2D eigenvalue weighted by molar-refractivity contribution is 0.573. The third-order valence-corrected chi connectivity index (χ3v) is 4.89. The van der Waals surface area contributed by atoms with Crippen molar-refractivity contribution in [3.63, 3.8) is 0 Å². The fourth-order valence-electron chi connectivity index (χ4n) is 1.40. The Hall–Kier alpha value is -0.640. The highest BCUT2D eigenvalue weighted by Crippen LogP contribution is 2.28. The predicted molar refractivity (Wildman–Crippen MR) is 50.7 cm³/mol. The summed E-state index contributed by atoms with van der Waals surface area (Å²) >= 11 is 5.52. The van der Waals surface area contributed by atoms with Gasteiger partial charge in [-0.15, -0.1) is 0 Å². The molecule has 1 aromatic rings. The maximum absolute atomic E-state index is 11.4. The second kappa shape index (κ2) is 2.94. The molecule has 7 nitrogen and oxygen atoms in total. The molecule has 1 aliphatic heterocycles. The van der Waals surface area contributed by atoms with E-state index in [0.29, 0.717) is 0 Å². The lowest BCUT2D eigenvalue weighted by Crippen LogP contribution is -2.17. The second-order valence-corrected chi connectivity index (χ2v) is 6.84. The average Bonchev–Trinajstić information content (AvgIpc) is 2.48. The minimum atomic E-state index is -4.06. The number of sulfone groups is 1. The number of aromatic nitrogens is 2. The normalized spacial score (nSPS) is 19.1. The van der Waals surface area contributed by atoms with E-state index in [-0.39, 0.29) is 17.5 Å². The molecule has 84 valence electrons. The fourth-order valence-corrected chi connectivity index (χ4v) is 4.13. The highest BCUT2D eigenvalue weighted by Gasteiger charge is 2.35. The van der Waals surface area contributed by atoms with E-state index in [1.54, 1.807) is 0 Å². The van der Waals surface area contributed by atoms with Gasteiger partial charge in [-0.2, -0.15) is 0 Å². The Labute approximate surface area is 90.8 Å². The van der Waals surface area contributed by atoms with Gasteiger partial charge in [0.1, 0.15) is 0 Å². The van der Waals surface area contributed by atoms with Crippen molar-refractivity contribution in [1.82, 2.24) is 9.55 Å². The molecule has 0 unspecified atom stereocenters. The first-order valence-electron chi connectivity index (χ1n) is 3.75. The van der Waals surface area contributed by atoms with Crippen LogP contribution in [-0.4, -0.2) is 32.1 Å². The molecular weight excluding hydrogens is 266 g/mol. The highest BCUT2D eigenvalue weighted by molar-refractivity contribution is 7.91. The van der Waals surface area contributed by atoms with Crippen LogP contribution in [0.4, 0.5) is 0 Å². The van der Waals surface area contributed by atoms with Crippen molar-refractivity contribution in [3.05, 3.63) is 5.15 Å². The van der Waals surface area contributed by atoms with Crippen molar-refractivity contribution < 1.29 is 16.8 Å². The van der Waals surface area contributed by atoms with Gasteiger partial charge in [0.2, 0.25) is 15.0 Å². The van der Waals surface area contributed by atoms with Crippen LogP contribution < -0.4 is 5.14 Å².